The Hall–Kier alpha value is -3.50. The fraction of sp³-hybridized carbons (Fsp3) is 0.364. The number of allylic oxidation sites excluding steroid dienone is 2. The van der Waals surface area contributed by atoms with Gasteiger partial charge in [-0.25, -0.2) is 4.79 Å². The Morgan fingerprint density at radius 1 is 1.19 bits per heavy atom. The smallest absolute Gasteiger partial charge is 0.342 e. The van der Waals surface area contributed by atoms with Gasteiger partial charge in [0.1, 0.15) is 23.7 Å². The topological polar surface area (TPSA) is 167 Å². The van der Waals surface area contributed by atoms with E-state index in [1.54, 1.807) is 36.7 Å². The standard InChI is InChI=1S/C22H25N3O5.2H2O/c1-16-7-8-18(26)6-4-2-3-5-17-13-19(29-12-11-25-23-9-10-24-25)14-20(27)21(17)22(28)30-15-16;;/h3,5,7-10,13-14,16,27H,2,4,6,11-12,15H2,1H3;2*1H2/b5-3+,8-7-;;/t16-;;/m1../s1. The SMILES string of the molecule is C[C@@H]1/C=C\C(=O)CCC/C=C/c2cc(OCCn3nccn3)cc(O)c2C(=O)OC1.O.O. The molecule has 0 amide bonds. The first-order valence-electron chi connectivity index (χ1n) is 9.91. The van der Waals surface area contributed by atoms with Crippen molar-refractivity contribution in [1.82, 2.24) is 15.0 Å². The van der Waals surface area contributed by atoms with Crippen LogP contribution >= 0.6 is 0 Å². The lowest BCUT2D eigenvalue weighted by molar-refractivity contribution is -0.114. The number of nitrogens with zero attached hydrogens (tertiary/aromatic N) is 3. The first kappa shape index (κ1) is 26.5. The first-order valence-corrected chi connectivity index (χ1v) is 9.91. The maximum absolute atomic E-state index is 12.6. The van der Waals surface area contributed by atoms with Crippen LogP contribution in [0.15, 0.2) is 42.8 Å². The van der Waals surface area contributed by atoms with Crippen molar-refractivity contribution >= 4 is 17.8 Å². The molecule has 10 heteroatoms. The summed E-state index contributed by atoms with van der Waals surface area (Å²) >= 11 is 0. The summed E-state index contributed by atoms with van der Waals surface area (Å²) in [7, 11) is 0. The van der Waals surface area contributed by atoms with E-state index in [2.05, 4.69) is 10.2 Å². The number of fused-ring (bicyclic) bond motifs is 1. The van der Waals surface area contributed by atoms with Gasteiger partial charge in [-0.05, 0) is 30.5 Å². The van der Waals surface area contributed by atoms with Crippen LogP contribution in [0.3, 0.4) is 0 Å². The van der Waals surface area contributed by atoms with Gasteiger partial charge in [-0.2, -0.15) is 15.0 Å². The monoisotopic (exact) mass is 447 g/mol. The second kappa shape index (κ2) is 13.0. The first-order chi connectivity index (χ1) is 14.5. The van der Waals surface area contributed by atoms with Crippen LogP contribution in [0.5, 0.6) is 11.5 Å². The van der Waals surface area contributed by atoms with Gasteiger partial charge in [0.05, 0.1) is 25.5 Å². The van der Waals surface area contributed by atoms with Crippen LogP contribution in [0.2, 0.25) is 0 Å². The van der Waals surface area contributed by atoms with Crippen LogP contribution in [0.1, 0.15) is 42.1 Å². The summed E-state index contributed by atoms with van der Waals surface area (Å²) in [5.41, 5.74) is 0.593. The molecule has 0 saturated heterocycles. The molecule has 0 saturated carbocycles. The molecule has 1 aromatic carbocycles. The van der Waals surface area contributed by atoms with Gasteiger partial charge >= 0.3 is 5.97 Å². The molecule has 2 aromatic rings. The predicted octanol–water partition coefficient (Wildman–Crippen LogP) is 1.53. The van der Waals surface area contributed by atoms with Gasteiger partial charge in [0.2, 0.25) is 0 Å². The molecule has 0 radical (unpaired) electrons. The van der Waals surface area contributed by atoms with E-state index >= 15 is 0 Å². The zero-order valence-corrected chi connectivity index (χ0v) is 17.9. The number of cyclic esters (lactones) is 1. The molecule has 10 nitrogen and oxygen atoms in total. The largest absolute Gasteiger partial charge is 0.507 e. The number of rotatable bonds is 4. The average molecular weight is 447 g/mol. The van der Waals surface area contributed by atoms with Crippen molar-refractivity contribution in [2.45, 2.75) is 32.7 Å². The second-order valence-corrected chi connectivity index (χ2v) is 7.08. The second-order valence-electron chi connectivity index (χ2n) is 7.08. The number of aromatic nitrogens is 3. The molecule has 0 aliphatic carbocycles. The van der Waals surface area contributed by atoms with Crippen molar-refractivity contribution in [3.63, 3.8) is 0 Å². The molecule has 3 rings (SSSR count). The number of aromatic hydroxyl groups is 1. The maximum atomic E-state index is 12.6. The molecule has 1 atom stereocenters. The number of esters is 1. The van der Waals surface area contributed by atoms with Crippen molar-refractivity contribution in [3.05, 3.63) is 53.9 Å². The molecule has 0 spiro atoms. The normalized spacial score (nSPS) is 18.7. The van der Waals surface area contributed by atoms with Gasteiger partial charge in [0.25, 0.3) is 0 Å². The van der Waals surface area contributed by atoms with Crippen molar-refractivity contribution in [2.75, 3.05) is 13.2 Å². The van der Waals surface area contributed by atoms with Crippen LogP contribution in [0.25, 0.3) is 6.08 Å². The summed E-state index contributed by atoms with van der Waals surface area (Å²) in [4.78, 5) is 26.0. The van der Waals surface area contributed by atoms with Crippen LogP contribution in [-0.4, -0.2) is 56.0 Å². The maximum Gasteiger partial charge on any atom is 0.342 e. The Balaban J connectivity index is 0.00000256. The lowest BCUT2D eigenvalue weighted by Gasteiger charge is -2.14. The van der Waals surface area contributed by atoms with Gasteiger partial charge in [0.15, 0.2) is 5.78 Å². The summed E-state index contributed by atoms with van der Waals surface area (Å²) in [6, 6.07) is 3.08. The Bertz CT molecular complexity index is 939. The molecule has 0 fully saturated rings. The molecule has 1 aromatic heterocycles. The molecule has 174 valence electrons. The third kappa shape index (κ3) is 7.64. The number of ketones is 1. The number of phenolic OH excluding ortho intramolecular Hbond substituents is 1. The lowest BCUT2D eigenvalue weighted by atomic mass is 10.0. The highest BCUT2D eigenvalue weighted by Gasteiger charge is 2.19. The highest BCUT2D eigenvalue weighted by Crippen LogP contribution is 2.30. The predicted molar refractivity (Wildman–Crippen MR) is 117 cm³/mol. The Kier molecular flexibility index (Phi) is 10.8. The zero-order valence-electron chi connectivity index (χ0n) is 17.9. The Morgan fingerprint density at radius 2 is 1.94 bits per heavy atom. The third-order valence-electron chi connectivity index (χ3n) is 4.53. The number of carbonyl (C=O) groups is 2. The van der Waals surface area contributed by atoms with E-state index in [4.69, 9.17) is 9.47 Å². The molecule has 0 bridgehead atoms. The average Bonchev–Trinajstić information content (AvgIpc) is 3.23. The lowest BCUT2D eigenvalue weighted by Crippen LogP contribution is -2.13. The van der Waals surface area contributed by atoms with E-state index in [9.17, 15) is 14.7 Å². The van der Waals surface area contributed by atoms with Crippen LogP contribution < -0.4 is 4.74 Å². The fourth-order valence-electron chi connectivity index (χ4n) is 2.96. The van der Waals surface area contributed by atoms with Gasteiger partial charge in [-0.3, -0.25) is 4.79 Å². The van der Waals surface area contributed by atoms with Gasteiger partial charge in [-0.1, -0.05) is 25.2 Å². The fourth-order valence-corrected chi connectivity index (χ4v) is 2.96. The van der Waals surface area contributed by atoms with E-state index < -0.39 is 5.97 Å². The van der Waals surface area contributed by atoms with Crippen molar-refractivity contribution in [1.29, 1.82) is 0 Å². The number of phenols is 1. The van der Waals surface area contributed by atoms with Gasteiger partial charge in [-0.15, -0.1) is 0 Å². The van der Waals surface area contributed by atoms with E-state index in [0.717, 1.165) is 0 Å². The highest BCUT2D eigenvalue weighted by molar-refractivity contribution is 5.97. The molecule has 1 aliphatic rings. The van der Waals surface area contributed by atoms with E-state index in [-0.39, 0.29) is 40.6 Å². The minimum atomic E-state index is -0.622. The van der Waals surface area contributed by atoms with E-state index in [1.165, 1.54) is 10.9 Å². The van der Waals surface area contributed by atoms with Gasteiger partial charge in [0, 0.05) is 18.4 Å². The van der Waals surface area contributed by atoms with E-state index in [1.807, 2.05) is 13.0 Å². The zero-order chi connectivity index (χ0) is 21.3. The van der Waals surface area contributed by atoms with Gasteiger partial charge < -0.3 is 25.5 Å². The molecular weight excluding hydrogens is 418 g/mol. The number of carbonyl (C=O) groups excluding carboxylic acids is 2. The molecule has 5 N–H and O–H groups in total. The number of ether oxygens (including phenoxy) is 2. The highest BCUT2D eigenvalue weighted by atomic mass is 16.5. The summed E-state index contributed by atoms with van der Waals surface area (Å²) in [6.07, 6.45) is 11.9. The molecule has 2 heterocycles. The summed E-state index contributed by atoms with van der Waals surface area (Å²) in [6.45, 7) is 2.71. The quantitative estimate of drug-likeness (QED) is 0.693. The van der Waals surface area contributed by atoms with Crippen molar-refractivity contribution in [2.24, 2.45) is 5.92 Å². The van der Waals surface area contributed by atoms with Crippen LogP contribution in [0, 0.1) is 5.92 Å². The molecule has 32 heavy (non-hydrogen) atoms. The Labute approximate surface area is 185 Å². The third-order valence-corrected chi connectivity index (χ3v) is 4.53. The van der Waals surface area contributed by atoms with Crippen molar-refractivity contribution < 1.29 is 35.1 Å². The van der Waals surface area contributed by atoms with Crippen LogP contribution in [-0.2, 0) is 16.1 Å². The minimum Gasteiger partial charge on any atom is -0.507 e. The van der Waals surface area contributed by atoms with Crippen LogP contribution in [0.4, 0.5) is 0 Å². The summed E-state index contributed by atoms with van der Waals surface area (Å²) in [5.74, 6) is -0.467. The Morgan fingerprint density at radius 3 is 2.69 bits per heavy atom. The number of hydrogen-bond donors (Lipinski definition) is 1. The summed E-state index contributed by atoms with van der Waals surface area (Å²) < 4.78 is 11.1. The number of benzene rings is 1. The molecular formula is C22H29N3O7. The minimum absolute atomic E-state index is 0. The molecule has 0 unspecified atom stereocenters. The van der Waals surface area contributed by atoms with E-state index in [0.29, 0.717) is 43.7 Å². The number of hydrogen-bond acceptors (Lipinski definition) is 7. The summed E-state index contributed by atoms with van der Waals surface area (Å²) in [5, 5.41) is 18.5. The molecule has 1 aliphatic heterocycles. The van der Waals surface area contributed by atoms with Crippen molar-refractivity contribution in [3.8, 4) is 11.5 Å².